The number of carbonyl (C=O) groups excluding carboxylic acids is 1. The Morgan fingerprint density at radius 2 is 1.82 bits per heavy atom. The molecule has 0 spiro atoms. The van der Waals surface area contributed by atoms with Crippen molar-refractivity contribution in [2.45, 2.75) is 49.3 Å². The van der Waals surface area contributed by atoms with Crippen LogP contribution in [0.1, 0.15) is 55.6 Å². The minimum absolute atomic E-state index is 0.0157. The van der Waals surface area contributed by atoms with Gasteiger partial charge in [0.15, 0.2) is 11.0 Å². The summed E-state index contributed by atoms with van der Waals surface area (Å²) in [5, 5.41) is 9.62. The van der Waals surface area contributed by atoms with Gasteiger partial charge in [-0.05, 0) is 50.6 Å². The van der Waals surface area contributed by atoms with E-state index >= 15 is 0 Å². The summed E-state index contributed by atoms with van der Waals surface area (Å²) in [5.41, 5.74) is 1.10. The summed E-state index contributed by atoms with van der Waals surface area (Å²) >= 11 is 1.59. The molecule has 2 aliphatic heterocycles. The molecule has 150 valence electrons. The van der Waals surface area contributed by atoms with E-state index in [1.807, 2.05) is 36.1 Å². The number of hydrogen-bond acceptors (Lipinski definition) is 5. The smallest absolute Gasteiger partial charge is 0.245 e. The summed E-state index contributed by atoms with van der Waals surface area (Å²) < 4.78 is 2.04. The maximum Gasteiger partial charge on any atom is 0.245 e. The van der Waals surface area contributed by atoms with E-state index in [1.165, 1.54) is 19.3 Å². The quantitative estimate of drug-likeness (QED) is 0.721. The Bertz CT molecular complexity index is 802. The number of thioether (sulfide) groups is 1. The van der Waals surface area contributed by atoms with Gasteiger partial charge in [-0.3, -0.25) is 9.69 Å². The van der Waals surface area contributed by atoms with Crippen LogP contribution < -0.4 is 0 Å². The highest BCUT2D eigenvalue weighted by molar-refractivity contribution is 7.98. The third kappa shape index (κ3) is 3.70. The highest BCUT2D eigenvalue weighted by atomic mass is 32.2. The first-order chi connectivity index (χ1) is 13.7. The molecule has 2 fully saturated rings. The molecule has 0 bridgehead atoms. The lowest BCUT2D eigenvalue weighted by molar-refractivity contribution is -0.139. The molecule has 0 saturated carbocycles. The molecule has 1 aromatic heterocycles. The first-order valence-corrected chi connectivity index (χ1v) is 11.5. The molecule has 0 aliphatic carbocycles. The maximum atomic E-state index is 13.8. The molecule has 4 rings (SSSR count). The Hall–Kier alpha value is -1.86. The number of amides is 1. The monoisotopic (exact) mass is 399 g/mol. The van der Waals surface area contributed by atoms with Gasteiger partial charge in [0, 0.05) is 13.6 Å². The number of rotatable bonds is 5. The van der Waals surface area contributed by atoms with Crippen LogP contribution in [0.5, 0.6) is 0 Å². The lowest BCUT2D eigenvalue weighted by atomic mass is 10.00. The van der Waals surface area contributed by atoms with E-state index in [0.717, 1.165) is 49.0 Å². The fourth-order valence-corrected chi connectivity index (χ4v) is 5.06. The number of likely N-dealkylation sites (tertiary alicyclic amines) is 2. The molecule has 0 N–H and O–H groups in total. The predicted octanol–water partition coefficient (Wildman–Crippen LogP) is 3.43. The van der Waals surface area contributed by atoms with E-state index in [2.05, 4.69) is 32.1 Å². The summed E-state index contributed by atoms with van der Waals surface area (Å²) in [6, 6.07) is 10.1. The molecule has 3 heterocycles. The minimum Gasteiger partial charge on any atom is -0.331 e. The SMILES string of the molecule is CSc1nnc([C@H]2CCCN2C(=O)[C@@H](c2ccccc2)N2CCCCC2)n1C. The molecule has 1 aromatic carbocycles. The van der Waals surface area contributed by atoms with Gasteiger partial charge in [0.25, 0.3) is 0 Å². The zero-order valence-electron chi connectivity index (χ0n) is 16.8. The van der Waals surface area contributed by atoms with Crippen molar-refractivity contribution < 1.29 is 4.79 Å². The van der Waals surface area contributed by atoms with Crippen LogP contribution >= 0.6 is 11.8 Å². The largest absolute Gasteiger partial charge is 0.331 e. The number of aromatic nitrogens is 3. The van der Waals surface area contributed by atoms with Gasteiger partial charge in [-0.1, -0.05) is 48.5 Å². The second kappa shape index (κ2) is 8.66. The fourth-order valence-electron chi connectivity index (χ4n) is 4.57. The highest BCUT2D eigenvalue weighted by Crippen LogP contribution is 2.36. The number of piperidine rings is 1. The molecular formula is C21H29N5OS. The number of hydrogen-bond donors (Lipinski definition) is 0. The summed E-state index contributed by atoms with van der Waals surface area (Å²) in [4.78, 5) is 18.3. The molecule has 0 unspecified atom stereocenters. The van der Waals surface area contributed by atoms with Crippen molar-refractivity contribution in [3.8, 4) is 0 Å². The maximum absolute atomic E-state index is 13.8. The number of nitrogens with zero attached hydrogens (tertiary/aromatic N) is 5. The summed E-state index contributed by atoms with van der Waals surface area (Å²) in [5.74, 6) is 1.12. The van der Waals surface area contributed by atoms with Gasteiger partial charge in [0.05, 0.1) is 6.04 Å². The second-order valence-corrected chi connectivity index (χ2v) is 8.48. The third-order valence-electron chi connectivity index (χ3n) is 5.99. The standard InChI is InChI=1S/C21H29N5OS/c1-24-19(22-23-21(24)28-2)17-12-9-15-26(17)20(27)18(16-10-5-3-6-11-16)25-13-7-4-8-14-25/h3,5-6,10-11,17-18H,4,7-9,12-15H2,1-2H3/t17-,18-/m1/s1. The van der Waals surface area contributed by atoms with Crippen LogP contribution in [-0.4, -0.2) is 56.4 Å². The van der Waals surface area contributed by atoms with Gasteiger partial charge >= 0.3 is 0 Å². The summed E-state index contributed by atoms with van der Waals surface area (Å²) in [6.07, 6.45) is 7.57. The molecule has 2 atom stereocenters. The van der Waals surface area contributed by atoms with Crippen molar-refractivity contribution in [2.24, 2.45) is 7.05 Å². The van der Waals surface area contributed by atoms with Crippen LogP contribution in [0.3, 0.4) is 0 Å². The van der Waals surface area contributed by atoms with E-state index in [9.17, 15) is 4.79 Å². The zero-order valence-corrected chi connectivity index (χ0v) is 17.6. The normalized spacial score (nSPS) is 21.8. The average Bonchev–Trinajstić information content (AvgIpc) is 3.36. The fraction of sp³-hybridized carbons (Fsp3) is 0.571. The van der Waals surface area contributed by atoms with E-state index in [-0.39, 0.29) is 18.0 Å². The summed E-state index contributed by atoms with van der Waals surface area (Å²) in [7, 11) is 2.00. The zero-order chi connectivity index (χ0) is 19.5. The van der Waals surface area contributed by atoms with Crippen LogP contribution in [-0.2, 0) is 11.8 Å². The Morgan fingerprint density at radius 3 is 2.50 bits per heavy atom. The third-order valence-corrected chi connectivity index (χ3v) is 6.71. The van der Waals surface area contributed by atoms with Crippen molar-refractivity contribution >= 4 is 17.7 Å². The van der Waals surface area contributed by atoms with Gasteiger partial charge < -0.3 is 9.47 Å². The van der Waals surface area contributed by atoms with E-state index in [4.69, 9.17) is 0 Å². The molecule has 6 nitrogen and oxygen atoms in total. The van der Waals surface area contributed by atoms with Gasteiger partial charge in [-0.2, -0.15) is 0 Å². The van der Waals surface area contributed by atoms with Crippen molar-refractivity contribution in [1.82, 2.24) is 24.6 Å². The van der Waals surface area contributed by atoms with Crippen LogP contribution in [0.4, 0.5) is 0 Å². The van der Waals surface area contributed by atoms with Crippen LogP contribution in [0.15, 0.2) is 35.5 Å². The van der Waals surface area contributed by atoms with Gasteiger partial charge in [0.2, 0.25) is 5.91 Å². The Morgan fingerprint density at radius 1 is 1.07 bits per heavy atom. The second-order valence-electron chi connectivity index (χ2n) is 7.70. The predicted molar refractivity (Wildman–Crippen MR) is 111 cm³/mol. The first-order valence-electron chi connectivity index (χ1n) is 10.2. The Kier molecular flexibility index (Phi) is 6.01. The molecule has 2 aliphatic rings. The van der Waals surface area contributed by atoms with Gasteiger partial charge in [-0.15, -0.1) is 10.2 Å². The van der Waals surface area contributed by atoms with E-state index in [1.54, 1.807) is 11.8 Å². The molecule has 2 saturated heterocycles. The van der Waals surface area contributed by atoms with Crippen LogP contribution in [0.2, 0.25) is 0 Å². The Labute approximate surface area is 171 Å². The topological polar surface area (TPSA) is 54.3 Å². The van der Waals surface area contributed by atoms with E-state index < -0.39 is 0 Å². The minimum atomic E-state index is -0.199. The molecule has 0 radical (unpaired) electrons. The molecular weight excluding hydrogens is 370 g/mol. The molecule has 2 aromatic rings. The van der Waals surface area contributed by atoms with Crippen molar-refractivity contribution in [1.29, 1.82) is 0 Å². The first kappa shape index (κ1) is 19.5. The number of benzene rings is 1. The average molecular weight is 400 g/mol. The van der Waals surface area contributed by atoms with Crippen molar-refractivity contribution in [3.63, 3.8) is 0 Å². The van der Waals surface area contributed by atoms with E-state index in [0.29, 0.717) is 0 Å². The van der Waals surface area contributed by atoms with Gasteiger partial charge in [0.1, 0.15) is 6.04 Å². The Balaban J connectivity index is 1.64. The lowest BCUT2D eigenvalue weighted by Crippen LogP contribution is -2.45. The van der Waals surface area contributed by atoms with Gasteiger partial charge in [-0.25, -0.2) is 0 Å². The molecule has 28 heavy (non-hydrogen) atoms. The van der Waals surface area contributed by atoms with Crippen LogP contribution in [0.25, 0.3) is 0 Å². The summed E-state index contributed by atoms with van der Waals surface area (Å²) in [6.45, 7) is 2.77. The highest BCUT2D eigenvalue weighted by Gasteiger charge is 2.39. The van der Waals surface area contributed by atoms with Crippen molar-refractivity contribution in [3.05, 3.63) is 41.7 Å². The van der Waals surface area contributed by atoms with Crippen molar-refractivity contribution in [2.75, 3.05) is 25.9 Å². The number of carbonyl (C=O) groups is 1. The lowest BCUT2D eigenvalue weighted by Gasteiger charge is -2.37. The molecule has 1 amide bonds. The molecule has 7 heteroatoms. The van der Waals surface area contributed by atoms with Crippen LogP contribution in [0, 0.1) is 0 Å².